The number of methoxy groups -OCH3 is 1. The zero-order valence-electron chi connectivity index (χ0n) is 22.6. The number of hydrogen-bond acceptors (Lipinski definition) is 7. The highest BCUT2D eigenvalue weighted by Crippen LogP contribution is 2.38. The van der Waals surface area contributed by atoms with Crippen LogP contribution < -0.4 is 24.8 Å². The van der Waals surface area contributed by atoms with Crippen molar-refractivity contribution in [2.75, 3.05) is 23.4 Å². The highest BCUT2D eigenvalue weighted by molar-refractivity contribution is 7.92. The van der Waals surface area contributed by atoms with Crippen LogP contribution >= 0.6 is 0 Å². The van der Waals surface area contributed by atoms with Gasteiger partial charge in [-0.15, -0.1) is 0 Å². The first-order valence-corrected chi connectivity index (χ1v) is 14.6. The maximum Gasteiger partial charge on any atom is 0.247 e. The van der Waals surface area contributed by atoms with Gasteiger partial charge in [-0.3, -0.25) is 9.52 Å². The summed E-state index contributed by atoms with van der Waals surface area (Å²) in [6.07, 6.45) is 1.03. The lowest BCUT2D eigenvalue weighted by atomic mass is 10.0. The van der Waals surface area contributed by atoms with Gasteiger partial charge in [0.25, 0.3) is 0 Å². The molecule has 0 fully saturated rings. The molecule has 0 spiro atoms. The van der Waals surface area contributed by atoms with Crippen LogP contribution in [0.25, 0.3) is 0 Å². The molecule has 1 atom stereocenters. The van der Waals surface area contributed by atoms with Crippen LogP contribution in [0.15, 0.2) is 97.1 Å². The number of nitriles is 1. The molecule has 210 valence electrons. The van der Waals surface area contributed by atoms with Crippen molar-refractivity contribution in [3.63, 3.8) is 0 Å². The number of carbonyl (C=O) groups excluding carboxylic acids is 1. The molecule has 9 nitrogen and oxygen atoms in total. The summed E-state index contributed by atoms with van der Waals surface area (Å²) in [4.78, 5) is 13.7. The average molecular weight is 571 g/mol. The molecule has 0 aliphatic carbocycles. The fourth-order valence-corrected chi connectivity index (χ4v) is 4.67. The molecule has 1 unspecified atom stereocenters. The van der Waals surface area contributed by atoms with E-state index in [1.54, 1.807) is 30.3 Å². The van der Waals surface area contributed by atoms with E-state index in [0.717, 1.165) is 17.4 Å². The summed E-state index contributed by atoms with van der Waals surface area (Å²) in [6.45, 7) is 0.481. The second-order valence-electron chi connectivity index (χ2n) is 9.21. The lowest BCUT2D eigenvalue weighted by Gasteiger charge is -2.24. The van der Waals surface area contributed by atoms with Crippen molar-refractivity contribution in [2.45, 2.75) is 19.2 Å². The minimum absolute atomic E-state index is 0.150. The number of anilines is 2. The van der Waals surface area contributed by atoms with E-state index in [0.29, 0.717) is 28.3 Å². The Morgan fingerprint density at radius 1 is 0.902 bits per heavy atom. The Morgan fingerprint density at radius 2 is 1.54 bits per heavy atom. The van der Waals surface area contributed by atoms with Crippen LogP contribution in [0.2, 0.25) is 0 Å². The van der Waals surface area contributed by atoms with Crippen molar-refractivity contribution in [3.8, 4) is 17.6 Å². The molecule has 10 heteroatoms. The average Bonchev–Trinajstić information content (AvgIpc) is 2.98. The van der Waals surface area contributed by atoms with E-state index in [-0.39, 0.29) is 18.8 Å². The molecule has 3 N–H and O–H groups in total. The number of amides is 1. The molecule has 0 bridgehead atoms. The zero-order chi connectivity index (χ0) is 29.2. The molecule has 4 rings (SSSR count). The quantitative estimate of drug-likeness (QED) is 0.219. The molecule has 0 aromatic heterocycles. The summed E-state index contributed by atoms with van der Waals surface area (Å²) >= 11 is 0. The van der Waals surface area contributed by atoms with Gasteiger partial charge in [-0.05, 0) is 41.5 Å². The first-order valence-electron chi connectivity index (χ1n) is 12.7. The number of hydrogen-bond donors (Lipinski definition) is 3. The molecule has 41 heavy (non-hydrogen) atoms. The van der Waals surface area contributed by atoms with Crippen molar-refractivity contribution in [3.05, 3.63) is 119 Å². The van der Waals surface area contributed by atoms with E-state index in [4.69, 9.17) is 9.47 Å². The lowest BCUT2D eigenvalue weighted by Crippen LogP contribution is -2.34. The number of ether oxygens (including phenoxy) is 2. The SMILES string of the molecule is COc1cc(C(Nc2ccc(C#N)cc2)C(=O)NCc2ccccc2)c(NS(C)(=O)=O)cc1OCc1ccccc1. The Hall–Kier alpha value is -5.01. The third-order valence-corrected chi connectivity index (χ3v) is 6.67. The molecule has 0 aliphatic heterocycles. The number of rotatable bonds is 12. The fourth-order valence-electron chi connectivity index (χ4n) is 4.09. The Labute approximate surface area is 239 Å². The van der Waals surface area contributed by atoms with Gasteiger partial charge >= 0.3 is 0 Å². The van der Waals surface area contributed by atoms with Crippen LogP contribution in [0.1, 0.15) is 28.3 Å². The molecule has 0 aliphatic rings. The molecule has 0 radical (unpaired) electrons. The zero-order valence-corrected chi connectivity index (χ0v) is 23.4. The number of nitrogens with one attached hydrogen (secondary N) is 3. The van der Waals surface area contributed by atoms with Gasteiger partial charge < -0.3 is 20.1 Å². The van der Waals surface area contributed by atoms with Crippen LogP contribution in [0.4, 0.5) is 11.4 Å². The Balaban J connectivity index is 1.74. The van der Waals surface area contributed by atoms with Gasteiger partial charge in [0, 0.05) is 23.9 Å². The second-order valence-corrected chi connectivity index (χ2v) is 11.0. The molecular formula is C31H30N4O5S. The van der Waals surface area contributed by atoms with E-state index < -0.39 is 22.0 Å². The molecule has 0 saturated heterocycles. The minimum Gasteiger partial charge on any atom is -0.493 e. The van der Waals surface area contributed by atoms with Crippen molar-refractivity contribution in [1.82, 2.24) is 5.32 Å². The van der Waals surface area contributed by atoms with Crippen LogP contribution in [-0.2, 0) is 28.0 Å². The van der Waals surface area contributed by atoms with Crippen LogP contribution in [0, 0.1) is 11.3 Å². The minimum atomic E-state index is -3.74. The molecule has 4 aromatic carbocycles. The van der Waals surface area contributed by atoms with Gasteiger partial charge in [-0.25, -0.2) is 8.42 Å². The largest absolute Gasteiger partial charge is 0.493 e. The predicted octanol–water partition coefficient (Wildman–Crippen LogP) is 4.99. The first-order chi connectivity index (χ1) is 19.8. The van der Waals surface area contributed by atoms with Gasteiger partial charge in [-0.2, -0.15) is 5.26 Å². The third kappa shape index (κ3) is 8.24. The van der Waals surface area contributed by atoms with Gasteiger partial charge in [-0.1, -0.05) is 60.7 Å². The maximum absolute atomic E-state index is 13.7. The van der Waals surface area contributed by atoms with Gasteiger partial charge in [0.05, 0.1) is 30.7 Å². The van der Waals surface area contributed by atoms with Gasteiger partial charge in [0.15, 0.2) is 11.5 Å². The predicted molar refractivity (Wildman–Crippen MR) is 158 cm³/mol. The standard InChI is InChI=1S/C31H30N4O5S/c1-39-28-17-26(27(35-41(2,37)38)18-29(28)40-21-24-11-7-4-8-12-24)30(34-25-15-13-22(19-32)14-16-25)31(36)33-20-23-9-5-3-6-10-23/h3-18,30,34-35H,20-21H2,1-2H3,(H,33,36). The Morgan fingerprint density at radius 3 is 2.12 bits per heavy atom. The number of sulfonamides is 1. The summed E-state index contributed by atoms with van der Waals surface area (Å²) in [6, 6.07) is 29.6. The molecule has 0 saturated carbocycles. The van der Waals surface area contributed by atoms with Crippen molar-refractivity contribution in [2.24, 2.45) is 0 Å². The fraction of sp³-hybridized carbons (Fsp3) is 0.161. The second kappa shape index (κ2) is 13.4. The van der Waals surface area contributed by atoms with Crippen molar-refractivity contribution >= 4 is 27.3 Å². The third-order valence-electron chi connectivity index (χ3n) is 6.08. The topological polar surface area (TPSA) is 130 Å². The van der Waals surface area contributed by atoms with Crippen molar-refractivity contribution in [1.29, 1.82) is 5.26 Å². The molecule has 1 amide bonds. The molecule has 4 aromatic rings. The van der Waals surface area contributed by atoms with Gasteiger partial charge in [0.2, 0.25) is 15.9 Å². The first kappa shape index (κ1) is 29.0. The summed E-state index contributed by atoms with van der Waals surface area (Å²) in [5.41, 5.74) is 3.29. The normalized spacial score (nSPS) is 11.5. The lowest BCUT2D eigenvalue weighted by molar-refractivity contribution is -0.122. The van der Waals surface area contributed by atoms with Gasteiger partial charge in [0.1, 0.15) is 12.6 Å². The molecule has 0 heterocycles. The summed E-state index contributed by atoms with van der Waals surface area (Å²) in [5, 5.41) is 15.3. The summed E-state index contributed by atoms with van der Waals surface area (Å²) in [7, 11) is -2.27. The monoisotopic (exact) mass is 570 g/mol. The highest BCUT2D eigenvalue weighted by atomic mass is 32.2. The Kier molecular flexibility index (Phi) is 9.45. The van der Waals surface area contributed by atoms with Crippen molar-refractivity contribution < 1.29 is 22.7 Å². The summed E-state index contributed by atoms with van der Waals surface area (Å²) < 4.78 is 38.9. The van der Waals surface area contributed by atoms with Crippen LogP contribution in [0.3, 0.4) is 0 Å². The molecular weight excluding hydrogens is 540 g/mol. The van der Waals surface area contributed by atoms with E-state index in [9.17, 15) is 18.5 Å². The number of nitrogens with zero attached hydrogens (tertiary/aromatic N) is 1. The van der Waals surface area contributed by atoms with E-state index >= 15 is 0 Å². The summed E-state index contributed by atoms with van der Waals surface area (Å²) in [5.74, 6) is 0.209. The van der Waals surface area contributed by atoms with E-state index in [1.807, 2.05) is 60.7 Å². The van der Waals surface area contributed by atoms with Crippen LogP contribution in [-0.4, -0.2) is 27.7 Å². The highest BCUT2D eigenvalue weighted by Gasteiger charge is 2.27. The Bertz CT molecular complexity index is 1620. The number of carbonyl (C=O) groups is 1. The maximum atomic E-state index is 13.7. The van der Waals surface area contributed by atoms with Crippen LogP contribution in [0.5, 0.6) is 11.5 Å². The number of benzene rings is 4. The van der Waals surface area contributed by atoms with E-state index in [2.05, 4.69) is 21.4 Å². The van der Waals surface area contributed by atoms with E-state index in [1.165, 1.54) is 13.2 Å². The smallest absolute Gasteiger partial charge is 0.247 e.